The number of carboxylic acids is 1. The topological polar surface area (TPSA) is 54.4 Å². The average Bonchev–Trinajstić information content (AvgIpc) is 3.18. The van der Waals surface area contributed by atoms with E-state index < -0.39 is 16.6 Å². The van der Waals surface area contributed by atoms with E-state index in [0.29, 0.717) is 5.75 Å². The molecule has 4 aromatic carbocycles. The number of Topliss-reactive ketones (excluding diaryl/α,β-unsaturated/α-hetero) is 1. The summed E-state index contributed by atoms with van der Waals surface area (Å²) in [7, 11) is 0. The summed E-state index contributed by atoms with van der Waals surface area (Å²) in [6.45, 7) is 0. The maximum Gasteiger partial charge on any atom is 0.307 e. The predicted molar refractivity (Wildman–Crippen MR) is 142 cm³/mol. The number of fused-ring (bicyclic) bond motifs is 3. The van der Waals surface area contributed by atoms with Crippen LogP contribution in [0, 0.1) is 5.92 Å². The van der Waals surface area contributed by atoms with Gasteiger partial charge in [-0.15, -0.1) is 11.8 Å². The summed E-state index contributed by atoms with van der Waals surface area (Å²) in [6.07, 6.45) is 0.274. The largest absolute Gasteiger partial charge is 0.481 e. The average molecular weight is 479 g/mol. The van der Waals surface area contributed by atoms with Crippen molar-refractivity contribution in [3.05, 3.63) is 131 Å². The van der Waals surface area contributed by atoms with Gasteiger partial charge in [-0.05, 0) is 33.4 Å². The predicted octanol–water partition coefficient (Wildman–Crippen LogP) is 6.59. The Kier molecular flexibility index (Phi) is 6.56. The van der Waals surface area contributed by atoms with Crippen LogP contribution in [-0.4, -0.2) is 22.6 Å². The minimum Gasteiger partial charge on any atom is -0.481 e. The van der Waals surface area contributed by atoms with Crippen molar-refractivity contribution in [3.63, 3.8) is 0 Å². The molecule has 35 heavy (non-hydrogen) atoms. The first-order chi connectivity index (χ1) is 17.1. The van der Waals surface area contributed by atoms with Gasteiger partial charge in [0.15, 0.2) is 0 Å². The molecule has 0 heterocycles. The van der Waals surface area contributed by atoms with Crippen LogP contribution in [0.1, 0.15) is 28.7 Å². The Morgan fingerprint density at radius 2 is 1.23 bits per heavy atom. The third-order valence-corrected chi connectivity index (χ3v) is 8.33. The van der Waals surface area contributed by atoms with Crippen LogP contribution < -0.4 is 0 Å². The van der Waals surface area contributed by atoms with Crippen LogP contribution in [0.25, 0.3) is 11.1 Å². The minimum atomic E-state index is -0.929. The van der Waals surface area contributed by atoms with Gasteiger partial charge in [0.25, 0.3) is 0 Å². The fraction of sp³-hybridized carbons (Fsp3) is 0.161. The molecule has 1 aliphatic rings. The molecule has 174 valence electrons. The van der Waals surface area contributed by atoms with Crippen LogP contribution in [0.4, 0.5) is 0 Å². The molecule has 0 fully saturated rings. The summed E-state index contributed by atoms with van der Waals surface area (Å²) in [4.78, 5) is 25.1. The molecule has 4 heteroatoms. The van der Waals surface area contributed by atoms with Gasteiger partial charge in [-0.3, -0.25) is 9.59 Å². The number of benzene rings is 4. The second-order valence-electron chi connectivity index (χ2n) is 8.89. The number of rotatable bonds is 9. The van der Waals surface area contributed by atoms with E-state index in [1.165, 1.54) is 11.1 Å². The number of hydrogen-bond donors (Lipinski definition) is 1. The van der Waals surface area contributed by atoms with E-state index in [-0.39, 0.29) is 18.6 Å². The highest BCUT2D eigenvalue weighted by atomic mass is 32.2. The second-order valence-corrected chi connectivity index (χ2v) is 10.1. The molecular formula is C31H26O3S. The van der Waals surface area contributed by atoms with Crippen LogP contribution in [0.5, 0.6) is 0 Å². The number of thioether (sulfide) groups is 1. The Labute approximate surface area is 209 Å². The number of carboxylic acid groups (broad SMARTS) is 1. The fourth-order valence-electron chi connectivity index (χ4n) is 5.03. The summed E-state index contributed by atoms with van der Waals surface area (Å²) in [5, 5.41) is 10.0. The molecule has 4 aromatic rings. The molecule has 0 saturated heterocycles. The summed E-state index contributed by atoms with van der Waals surface area (Å²) in [6, 6.07) is 36.5. The zero-order valence-electron chi connectivity index (χ0n) is 19.3. The lowest BCUT2D eigenvalue weighted by Gasteiger charge is -2.33. The monoisotopic (exact) mass is 478 g/mol. The van der Waals surface area contributed by atoms with E-state index in [9.17, 15) is 14.7 Å². The molecule has 1 atom stereocenters. The maximum atomic E-state index is 12.8. The maximum absolute atomic E-state index is 12.8. The number of aliphatic carboxylic acids is 1. The first-order valence-corrected chi connectivity index (χ1v) is 12.8. The standard InChI is InChI=1S/C31H26O3S/c32-25(19-22-11-3-1-4-12-22)20-23(30(33)34)21-35-31(24-13-5-2-6-14-24)28-17-9-7-15-26(28)27-16-8-10-18-29(27)31/h1-18,23H,19-21H2,(H,33,34). The van der Waals surface area contributed by atoms with Crippen molar-refractivity contribution in [2.75, 3.05) is 5.75 Å². The Hall–Kier alpha value is -3.63. The van der Waals surface area contributed by atoms with E-state index in [0.717, 1.165) is 22.3 Å². The Morgan fingerprint density at radius 3 is 1.80 bits per heavy atom. The van der Waals surface area contributed by atoms with Gasteiger partial charge in [0.1, 0.15) is 5.78 Å². The summed E-state index contributed by atoms with van der Waals surface area (Å²) in [5.41, 5.74) is 6.70. The fourth-order valence-corrected chi connectivity index (χ4v) is 6.71. The van der Waals surface area contributed by atoms with Gasteiger partial charge in [-0.25, -0.2) is 0 Å². The van der Waals surface area contributed by atoms with E-state index in [1.54, 1.807) is 11.8 Å². The van der Waals surface area contributed by atoms with Gasteiger partial charge in [0.2, 0.25) is 0 Å². The number of hydrogen-bond acceptors (Lipinski definition) is 3. The molecule has 1 N–H and O–H groups in total. The summed E-state index contributed by atoms with van der Waals surface area (Å²) < 4.78 is -0.537. The van der Waals surface area contributed by atoms with Crippen molar-refractivity contribution in [3.8, 4) is 11.1 Å². The smallest absolute Gasteiger partial charge is 0.307 e. The van der Waals surface area contributed by atoms with Crippen LogP contribution in [-0.2, 0) is 20.8 Å². The lowest BCUT2D eigenvalue weighted by atomic mass is 9.88. The molecule has 0 aliphatic heterocycles. The van der Waals surface area contributed by atoms with Crippen molar-refractivity contribution in [1.82, 2.24) is 0 Å². The quantitative estimate of drug-likeness (QED) is 0.295. The Morgan fingerprint density at radius 1 is 0.714 bits per heavy atom. The molecule has 0 spiro atoms. The third kappa shape index (κ3) is 4.42. The molecule has 1 aliphatic carbocycles. The summed E-state index contributed by atoms with van der Waals surface area (Å²) >= 11 is 1.62. The molecule has 3 nitrogen and oxygen atoms in total. The Balaban J connectivity index is 1.49. The number of carbonyl (C=O) groups excluding carboxylic acids is 1. The molecule has 0 radical (unpaired) electrons. The lowest BCUT2D eigenvalue weighted by molar-refractivity contribution is -0.142. The summed E-state index contributed by atoms with van der Waals surface area (Å²) in [5.74, 6) is -1.42. The first-order valence-electron chi connectivity index (χ1n) is 11.8. The van der Waals surface area contributed by atoms with Crippen molar-refractivity contribution in [1.29, 1.82) is 0 Å². The molecule has 0 bridgehead atoms. The normalized spacial score (nSPS) is 14.1. The van der Waals surface area contributed by atoms with Gasteiger partial charge in [-0.2, -0.15) is 0 Å². The number of ketones is 1. The van der Waals surface area contributed by atoms with E-state index in [1.807, 2.05) is 72.8 Å². The highest BCUT2D eigenvalue weighted by Crippen LogP contribution is 2.58. The van der Waals surface area contributed by atoms with Crippen LogP contribution in [0.3, 0.4) is 0 Å². The van der Waals surface area contributed by atoms with Gasteiger partial charge >= 0.3 is 5.97 Å². The van der Waals surface area contributed by atoms with Crippen LogP contribution in [0.15, 0.2) is 109 Å². The molecule has 0 amide bonds. The SMILES string of the molecule is O=C(Cc1ccccc1)CC(CSC1(c2ccccc2)c2ccccc2-c2ccccc21)C(=O)O. The molecule has 0 aromatic heterocycles. The van der Waals surface area contributed by atoms with Crippen molar-refractivity contribution in [2.24, 2.45) is 5.92 Å². The van der Waals surface area contributed by atoms with Crippen molar-refractivity contribution >= 4 is 23.5 Å². The zero-order chi connectivity index (χ0) is 24.3. The molecular weight excluding hydrogens is 452 g/mol. The zero-order valence-corrected chi connectivity index (χ0v) is 20.1. The van der Waals surface area contributed by atoms with Gasteiger partial charge in [-0.1, -0.05) is 109 Å². The lowest BCUT2D eigenvalue weighted by Crippen LogP contribution is -2.28. The van der Waals surface area contributed by atoms with Gasteiger partial charge in [0, 0.05) is 18.6 Å². The molecule has 1 unspecified atom stereocenters. The van der Waals surface area contributed by atoms with E-state index in [2.05, 4.69) is 36.4 Å². The second kappa shape index (κ2) is 9.93. The van der Waals surface area contributed by atoms with E-state index >= 15 is 0 Å². The number of carbonyl (C=O) groups is 2. The van der Waals surface area contributed by atoms with E-state index in [4.69, 9.17) is 0 Å². The van der Waals surface area contributed by atoms with Gasteiger partial charge < -0.3 is 5.11 Å². The van der Waals surface area contributed by atoms with Crippen molar-refractivity contribution in [2.45, 2.75) is 17.6 Å². The third-order valence-electron chi connectivity index (χ3n) is 6.65. The van der Waals surface area contributed by atoms with Crippen LogP contribution >= 0.6 is 11.8 Å². The first kappa shape index (κ1) is 23.1. The minimum absolute atomic E-state index is 0.0192. The highest BCUT2D eigenvalue weighted by Gasteiger charge is 2.45. The molecule has 0 saturated carbocycles. The highest BCUT2D eigenvalue weighted by molar-refractivity contribution is 8.00. The van der Waals surface area contributed by atoms with Crippen molar-refractivity contribution < 1.29 is 14.7 Å². The van der Waals surface area contributed by atoms with Gasteiger partial charge in [0.05, 0.1) is 10.7 Å². The van der Waals surface area contributed by atoms with Crippen LogP contribution in [0.2, 0.25) is 0 Å². The Bertz CT molecular complexity index is 1300. The molecule has 5 rings (SSSR count).